The van der Waals surface area contributed by atoms with Crippen LogP contribution in [0.2, 0.25) is 0 Å². The molecule has 0 spiro atoms. The van der Waals surface area contributed by atoms with Gasteiger partial charge in [0.2, 0.25) is 0 Å². The molecule has 1 saturated carbocycles. The van der Waals surface area contributed by atoms with Crippen LogP contribution in [0.5, 0.6) is 0 Å². The van der Waals surface area contributed by atoms with Crippen molar-refractivity contribution >= 4 is 17.9 Å². The summed E-state index contributed by atoms with van der Waals surface area (Å²) in [6.07, 6.45) is 25.7. The number of ether oxygens (including phenoxy) is 3. The number of carbonyl (C=O) groups excluding carboxylic acids is 3. The molecule has 41 heavy (non-hydrogen) atoms. The molecule has 240 valence electrons. The molecule has 3 atom stereocenters. The molecule has 6 nitrogen and oxygen atoms in total. The molecule has 3 unspecified atom stereocenters. The monoisotopic (exact) mass is 580 g/mol. The molecule has 1 aliphatic carbocycles. The van der Waals surface area contributed by atoms with Crippen molar-refractivity contribution in [2.45, 2.75) is 168 Å². The van der Waals surface area contributed by atoms with E-state index in [0.29, 0.717) is 39.1 Å². The van der Waals surface area contributed by atoms with Gasteiger partial charge in [0, 0.05) is 0 Å². The van der Waals surface area contributed by atoms with Crippen molar-refractivity contribution in [3.8, 4) is 0 Å². The number of hydrogen-bond donors (Lipinski definition) is 0. The third-order valence-electron chi connectivity index (χ3n) is 8.52. The zero-order valence-corrected chi connectivity index (χ0v) is 27.1. The van der Waals surface area contributed by atoms with Crippen molar-refractivity contribution in [2.24, 2.45) is 17.8 Å². The largest absolute Gasteiger partial charge is 0.465 e. The number of esters is 3. The van der Waals surface area contributed by atoms with E-state index in [1.165, 1.54) is 89.9 Å². The summed E-state index contributed by atoms with van der Waals surface area (Å²) in [6.45, 7) is 7.50. The summed E-state index contributed by atoms with van der Waals surface area (Å²) >= 11 is 0. The third-order valence-corrected chi connectivity index (χ3v) is 8.52. The van der Waals surface area contributed by atoms with Gasteiger partial charge in [-0.25, -0.2) is 0 Å². The molecule has 0 heterocycles. The van der Waals surface area contributed by atoms with Crippen LogP contribution in [0.4, 0.5) is 0 Å². The second-order valence-electron chi connectivity index (χ2n) is 12.2. The smallest absolute Gasteiger partial charge is 0.309 e. The maximum absolute atomic E-state index is 12.8. The van der Waals surface area contributed by atoms with Crippen LogP contribution in [0.25, 0.3) is 0 Å². The first-order chi connectivity index (χ1) is 20.0. The summed E-state index contributed by atoms with van der Waals surface area (Å²) in [6, 6.07) is 0. The van der Waals surface area contributed by atoms with Crippen molar-refractivity contribution in [2.75, 3.05) is 19.8 Å². The lowest BCUT2D eigenvalue weighted by Gasteiger charge is -2.32. The Balaban J connectivity index is 2.18. The van der Waals surface area contributed by atoms with E-state index >= 15 is 0 Å². The van der Waals surface area contributed by atoms with E-state index in [1.54, 1.807) is 0 Å². The van der Waals surface area contributed by atoms with Crippen LogP contribution in [0, 0.1) is 17.8 Å². The standard InChI is InChI=1S/C35H64O6/c1-4-7-10-11-12-13-14-15-16-17-18-19-20-21-22-23-28-39-33(36)30-24-25-31(34(37)40-26-8-5-2)32(29-30)35(38)41-27-9-6-3/h30-32H,4-29H2,1-3H3. The number of unbranched alkanes of at least 4 members (excludes halogenated alkanes) is 17. The first-order valence-corrected chi connectivity index (χ1v) is 17.5. The molecule has 0 aromatic rings. The minimum atomic E-state index is -0.636. The van der Waals surface area contributed by atoms with Crippen LogP contribution in [0.3, 0.4) is 0 Å². The fourth-order valence-corrected chi connectivity index (χ4v) is 5.72. The lowest BCUT2D eigenvalue weighted by atomic mass is 9.74. The van der Waals surface area contributed by atoms with Crippen molar-refractivity contribution in [3.63, 3.8) is 0 Å². The minimum absolute atomic E-state index is 0.241. The molecule has 0 amide bonds. The predicted octanol–water partition coefficient (Wildman–Crippen LogP) is 9.51. The highest BCUT2D eigenvalue weighted by Crippen LogP contribution is 2.36. The van der Waals surface area contributed by atoms with Crippen LogP contribution in [0.1, 0.15) is 168 Å². The molecule has 6 heteroatoms. The molecular weight excluding hydrogens is 516 g/mol. The quantitative estimate of drug-likeness (QED) is 0.0576. The summed E-state index contributed by atoms with van der Waals surface area (Å²) in [5.41, 5.74) is 0. The van der Waals surface area contributed by atoms with E-state index in [1.807, 2.05) is 13.8 Å². The van der Waals surface area contributed by atoms with Crippen LogP contribution in [0.15, 0.2) is 0 Å². The lowest BCUT2D eigenvalue weighted by molar-refractivity contribution is -0.167. The zero-order chi connectivity index (χ0) is 30.0. The average Bonchev–Trinajstić information content (AvgIpc) is 2.98. The lowest BCUT2D eigenvalue weighted by Crippen LogP contribution is -2.40. The Morgan fingerprint density at radius 1 is 0.439 bits per heavy atom. The van der Waals surface area contributed by atoms with Gasteiger partial charge in [0.05, 0.1) is 37.6 Å². The van der Waals surface area contributed by atoms with Crippen LogP contribution < -0.4 is 0 Å². The Labute approximate surface area is 252 Å². The molecule has 1 fully saturated rings. The third kappa shape index (κ3) is 18.5. The number of carbonyl (C=O) groups is 3. The summed E-state index contributed by atoms with van der Waals surface area (Å²) in [5, 5.41) is 0. The highest BCUT2D eigenvalue weighted by Gasteiger charge is 2.43. The van der Waals surface area contributed by atoms with Crippen LogP contribution in [-0.2, 0) is 28.6 Å². The Bertz CT molecular complexity index is 663. The highest BCUT2D eigenvalue weighted by molar-refractivity contribution is 5.83. The fraction of sp³-hybridized carbons (Fsp3) is 0.914. The van der Waals surface area contributed by atoms with Gasteiger partial charge in [-0.3, -0.25) is 14.4 Å². The summed E-state index contributed by atoms with van der Waals surface area (Å²) in [4.78, 5) is 38.3. The van der Waals surface area contributed by atoms with Gasteiger partial charge in [-0.15, -0.1) is 0 Å². The van der Waals surface area contributed by atoms with Gasteiger partial charge >= 0.3 is 17.9 Å². The van der Waals surface area contributed by atoms with Gasteiger partial charge in [0.1, 0.15) is 0 Å². The number of hydrogen-bond acceptors (Lipinski definition) is 6. The number of rotatable bonds is 26. The molecule has 0 aromatic heterocycles. The normalized spacial score (nSPS) is 18.7. The van der Waals surface area contributed by atoms with E-state index in [0.717, 1.165) is 38.5 Å². The van der Waals surface area contributed by atoms with Crippen molar-refractivity contribution in [1.29, 1.82) is 0 Å². The van der Waals surface area contributed by atoms with Crippen molar-refractivity contribution < 1.29 is 28.6 Å². The minimum Gasteiger partial charge on any atom is -0.465 e. The molecule has 0 aliphatic heterocycles. The first kappa shape index (κ1) is 37.4. The van der Waals surface area contributed by atoms with Crippen molar-refractivity contribution in [1.82, 2.24) is 0 Å². The molecule has 0 radical (unpaired) electrons. The van der Waals surface area contributed by atoms with E-state index in [4.69, 9.17) is 14.2 Å². The summed E-state index contributed by atoms with van der Waals surface area (Å²) < 4.78 is 16.5. The van der Waals surface area contributed by atoms with Gasteiger partial charge in [-0.05, 0) is 38.5 Å². The van der Waals surface area contributed by atoms with Crippen LogP contribution in [-0.4, -0.2) is 37.7 Å². The molecule has 0 N–H and O–H groups in total. The molecule has 0 aromatic carbocycles. The first-order valence-electron chi connectivity index (χ1n) is 17.5. The second-order valence-corrected chi connectivity index (χ2v) is 12.2. The Hall–Kier alpha value is -1.59. The Morgan fingerprint density at radius 3 is 1.27 bits per heavy atom. The van der Waals surface area contributed by atoms with Crippen molar-refractivity contribution in [3.05, 3.63) is 0 Å². The van der Waals surface area contributed by atoms with Gasteiger partial charge in [-0.1, -0.05) is 130 Å². The van der Waals surface area contributed by atoms with Gasteiger partial charge in [0.25, 0.3) is 0 Å². The molecular formula is C35H64O6. The van der Waals surface area contributed by atoms with Crippen LogP contribution >= 0.6 is 0 Å². The topological polar surface area (TPSA) is 78.9 Å². The Morgan fingerprint density at radius 2 is 0.805 bits per heavy atom. The molecule has 0 bridgehead atoms. The highest BCUT2D eigenvalue weighted by atomic mass is 16.5. The predicted molar refractivity (Wildman–Crippen MR) is 167 cm³/mol. The van der Waals surface area contributed by atoms with E-state index in [-0.39, 0.29) is 23.8 Å². The SMILES string of the molecule is CCCCCCCCCCCCCCCCCCOC(=O)C1CCC(C(=O)OCCCC)C(C(=O)OCCCC)C1. The second kappa shape index (κ2) is 26.1. The van der Waals surface area contributed by atoms with Gasteiger partial charge in [0.15, 0.2) is 0 Å². The molecule has 1 rings (SSSR count). The van der Waals surface area contributed by atoms with Gasteiger partial charge in [-0.2, -0.15) is 0 Å². The Kier molecular flexibility index (Phi) is 23.8. The average molecular weight is 581 g/mol. The molecule has 1 aliphatic rings. The fourth-order valence-electron chi connectivity index (χ4n) is 5.72. The van der Waals surface area contributed by atoms with Gasteiger partial charge < -0.3 is 14.2 Å². The molecule has 0 saturated heterocycles. The van der Waals surface area contributed by atoms with E-state index in [2.05, 4.69) is 6.92 Å². The maximum atomic E-state index is 12.8. The summed E-state index contributed by atoms with van der Waals surface area (Å²) in [7, 11) is 0. The van der Waals surface area contributed by atoms with E-state index < -0.39 is 11.8 Å². The zero-order valence-electron chi connectivity index (χ0n) is 27.1. The van der Waals surface area contributed by atoms with E-state index in [9.17, 15) is 14.4 Å². The summed E-state index contributed by atoms with van der Waals surface area (Å²) in [5.74, 6) is -2.50. The maximum Gasteiger partial charge on any atom is 0.309 e.